The maximum atomic E-state index is 12.6. The molecule has 21 heavy (non-hydrogen) atoms. The van der Waals surface area contributed by atoms with Crippen molar-refractivity contribution in [3.63, 3.8) is 0 Å². The Morgan fingerprint density at radius 2 is 2.24 bits per heavy atom. The van der Waals surface area contributed by atoms with Gasteiger partial charge in [-0.15, -0.1) is 0 Å². The van der Waals surface area contributed by atoms with E-state index in [0.717, 1.165) is 18.5 Å². The maximum Gasteiger partial charge on any atom is 0.311 e. The van der Waals surface area contributed by atoms with Gasteiger partial charge in [0.1, 0.15) is 0 Å². The number of carbonyl (C=O) groups is 2. The summed E-state index contributed by atoms with van der Waals surface area (Å²) in [6.07, 6.45) is 4.42. The number of piperidine rings is 1. The zero-order valence-electron chi connectivity index (χ0n) is 12.6. The monoisotopic (exact) mass is 290 g/mol. The second-order valence-corrected chi connectivity index (χ2v) is 5.85. The van der Waals surface area contributed by atoms with E-state index < -0.39 is 11.4 Å². The zero-order valence-corrected chi connectivity index (χ0v) is 12.6. The zero-order chi connectivity index (χ0) is 15.5. The molecule has 114 valence electrons. The summed E-state index contributed by atoms with van der Waals surface area (Å²) in [7, 11) is 0. The fraction of sp³-hybridized carbons (Fsp3) is 0.562. The number of carboxylic acids is 1. The number of carbonyl (C=O) groups excluding carboxylic acids is 1. The van der Waals surface area contributed by atoms with E-state index in [1.165, 1.54) is 0 Å². The molecular weight excluding hydrogens is 268 g/mol. The molecule has 0 saturated carbocycles. The van der Waals surface area contributed by atoms with Gasteiger partial charge in [-0.1, -0.05) is 13.3 Å². The SMILES string of the molecule is CCCC1(C(=O)O)CCCN(C(=O)c2ccnc(C)c2)C1. The number of aryl methyl sites for hydroxylation is 1. The molecule has 0 aliphatic carbocycles. The molecule has 2 rings (SSSR count). The van der Waals surface area contributed by atoms with Gasteiger partial charge in [-0.05, 0) is 38.3 Å². The fourth-order valence-corrected chi connectivity index (χ4v) is 3.13. The van der Waals surface area contributed by atoms with Crippen LogP contribution in [0.15, 0.2) is 18.3 Å². The number of pyridine rings is 1. The lowest BCUT2D eigenvalue weighted by molar-refractivity contribution is -0.152. The van der Waals surface area contributed by atoms with Crippen molar-refractivity contribution < 1.29 is 14.7 Å². The first-order valence-corrected chi connectivity index (χ1v) is 7.44. The first-order valence-electron chi connectivity index (χ1n) is 7.44. The Morgan fingerprint density at radius 1 is 1.48 bits per heavy atom. The third-order valence-electron chi connectivity index (χ3n) is 4.19. The predicted octanol–water partition coefficient (Wildman–Crippen LogP) is 2.50. The summed E-state index contributed by atoms with van der Waals surface area (Å²) in [5, 5.41) is 9.59. The summed E-state index contributed by atoms with van der Waals surface area (Å²) in [6.45, 7) is 4.75. The number of hydrogen-bond acceptors (Lipinski definition) is 3. The van der Waals surface area contributed by atoms with Gasteiger partial charge in [-0.25, -0.2) is 0 Å². The topological polar surface area (TPSA) is 70.5 Å². The summed E-state index contributed by atoms with van der Waals surface area (Å²) >= 11 is 0. The van der Waals surface area contributed by atoms with Crippen LogP contribution in [-0.4, -0.2) is 40.0 Å². The number of aliphatic carboxylic acids is 1. The number of likely N-dealkylation sites (tertiary alicyclic amines) is 1. The lowest BCUT2D eigenvalue weighted by Crippen LogP contribution is -2.49. The third-order valence-corrected chi connectivity index (χ3v) is 4.19. The minimum atomic E-state index is -0.787. The van der Waals surface area contributed by atoms with Gasteiger partial charge in [0.25, 0.3) is 5.91 Å². The van der Waals surface area contributed by atoms with Crippen LogP contribution < -0.4 is 0 Å². The molecule has 1 N–H and O–H groups in total. The molecule has 0 aromatic carbocycles. The number of rotatable bonds is 4. The Hall–Kier alpha value is -1.91. The number of nitrogens with zero attached hydrogens (tertiary/aromatic N) is 2. The highest BCUT2D eigenvalue weighted by Crippen LogP contribution is 2.35. The van der Waals surface area contributed by atoms with E-state index in [4.69, 9.17) is 0 Å². The molecule has 1 unspecified atom stereocenters. The van der Waals surface area contributed by atoms with Crippen molar-refractivity contribution in [2.24, 2.45) is 5.41 Å². The molecule has 1 atom stereocenters. The van der Waals surface area contributed by atoms with Crippen LogP contribution in [0.4, 0.5) is 0 Å². The molecule has 2 heterocycles. The van der Waals surface area contributed by atoms with E-state index in [9.17, 15) is 14.7 Å². The Labute approximate surface area is 125 Å². The molecule has 1 fully saturated rings. The smallest absolute Gasteiger partial charge is 0.311 e. The molecule has 1 aliphatic heterocycles. The highest BCUT2D eigenvalue weighted by molar-refractivity contribution is 5.94. The second-order valence-electron chi connectivity index (χ2n) is 5.85. The molecule has 0 radical (unpaired) electrons. The van der Waals surface area contributed by atoms with Crippen molar-refractivity contribution in [2.45, 2.75) is 39.5 Å². The van der Waals surface area contributed by atoms with Gasteiger partial charge in [-0.2, -0.15) is 0 Å². The van der Waals surface area contributed by atoms with Crippen molar-refractivity contribution in [1.82, 2.24) is 9.88 Å². The summed E-state index contributed by atoms with van der Waals surface area (Å²) in [6, 6.07) is 3.44. The number of aromatic nitrogens is 1. The molecule has 5 heteroatoms. The van der Waals surface area contributed by atoms with E-state index in [0.29, 0.717) is 31.5 Å². The van der Waals surface area contributed by atoms with E-state index in [2.05, 4.69) is 4.98 Å². The third kappa shape index (κ3) is 3.23. The van der Waals surface area contributed by atoms with Crippen LogP contribution in [0.5, 0.6) is 0 Å². The van der Waals surface area contributed by atoms with Crippen molar-refractivity contribution >= 4 is 11.9 Å². The molecule has 1 amide bonds. The first kappa shape index (κ1) is 15.5. The maximum absolute atomic E-state index is 12.6. The Bertz CT molecular complexity index is 540. The predicted molar refractivity (Wildman–Crippen MR) is 79.1 cm³/mol. The van der Waals surface area contributed by atoms with E-state index in [-0.39, 0.29) is 5.91 Å². The molecule has 1 aliphatic rings. The Kier molecular flexibility index (Phi) is 4.60. The summed E-state index contributed by atoms with van der Waals surface area (Å²) < 4.78 is 0. The van der Waals surface area contributed by atoms with Gasteiger partial charge in [0.05, 0.1) is 5.41 Å². The number of amides is 1. The van der Waals surface area contributed by atoms with Crippen LogP contribution in [0, 0.1) is 12.3 Å². The lowest BCUT2D eigenvalue weighted by Gasteiger charge is -2.40. The second kappa shape index (κ2) is 6.24. The van der Waals surface area contributed by atoms with E-state index in [1.807, 2.05) is 13.8 Å². The van der Waals surface area contributed by atoms with Crippen molar-refractivity contribution in [3.8, 4) is 0 Å². The van der Waals surface area contributed by atoms with Gasteiger partial charge in [0.2, 0.25) is 0 Å². The van der Waals surface area contributed by atoms with Crippen LogP contribution in [0.25, 0.3) is 0 Å². The minimum absolute atomic E-state index is 0.0954. The van der Waals surface area contributed by atoms with Crippen LogP contribution in [0.3, 0.4) is 0 Å². The molecule has 1 saturated heterocycles. The van der Waals surface area contributed by atoms with Crippen molar-refractivity contribution in [1.29, 1.82) is 0 Å². The molecular formula is C16H22N2O3. The van der Waals surface area contributed by atoms with Crippen LogP contribution >= 0.6 is 0 Å². The number of carboxylic acid groups (broad SMARTS) is 1. The Balaban J connectivity index is 2.20. The average Bonchev–Trinajstić information content (AvgIpc) is 2.47. The summed E-state index contributed by atoms with van der Waals surface area (Å²) in [5.74, 6) is -0.880. The van der Waals surface area contributed by atoms with Gasteiger partial charge >= 0.3 is 5.97 Å². The van der Waals surface area contributed by atoms with Gasteiger partial charge in [0.15, 0.2) is 0 Å². The average molecular weight is 290 g/mol. The Morgan fingerprint density at radius 3 is 2.86 bits per heavy atom. The summed E-state index contributed by atoms with van der Waals surface area (Å²) in [5.41, 5.74) is 0.584. The first-order chi connectivity index (χ1) is 9.98. The fourth-order valence-electron chi connectivity index (χ4n) is 3.13. The quantitative estimate of drug-likeness (QED) is 0.925. The van der Waals surface area contributed by atoms with Gasteiger partial charge in [0, 0.05) is 30.5 Å². The largest absolute Gasteiger partial charge is 0.481 e. The highest BCUT2D eigenvalue weighted by atomic mass is 16.4. The van der Waals surface area contributed by atoms with Crippen LogP contribution in [0.1, 0.15) is 48.7 Å². The number of hydrogen-bond donors (Lipinski definition) is 1. The van der Waals surface area contributed by atoms with Crippen LogP contribution in [0.2, 0.25) is 0 Å². The minimum Gasteiger partial charge on any atom is -0.481 e. The molecule has 1 aromatic heterocycles. The van der Waals surface area contributed by atoms with Crippen LogP contribution in [-0.2, 0) is 4.79 Å². The molecule has 1 aromatic rings. The summed E-state index contributed by atoms with van der Waals surface area (Å²) in [4.78, 5) is 30.0. The van der Waals surface area contributed by atoms with Crippen molar-refractivity contribution in [3.05, 3.63) is 29.6 Å². The van der Waals surface area contributed by atoms with Crippen molar-refractivity contribution in [2.75, 3.05) is 13.1 Å². The molecule has 0 bridgehead atoms. The van der Waals surface area contributed by atoms with E-state index in [1.54, 1.807) is 23.2 Å². The van der Waals surface area contributed by atoms with Gasteiger partial charge < -0.3 is 10.0 Å². The van der Waals surface area contributed by atoms with E-state index >= 15 is 0 Å². The molecule has 5 nitrogen and oxygen atoms in total. The highest BCUT2D eigenvalue weighted by Gasteiger charge is 2.42. The normalized spacial score (nSPS) is 22.1. The molecule has 0 spiro atoms. The standard InChI is InChI=1S/C16H22N2O3/c1-3-6-16(15(20)21)7-4-9-18(11-16)14(19)13-5-8-17-12(2)10-13/h5,8,10H,3-4,6-7,9,11H2,1-2H3,(H,20,21). The van der Waals surface area contributed by atoms with Gasteiger partial charge in [-0.3, -0.25) is 14.6 Å². The lowest BCUT2D eigenvalue weighted by atomic mass is 9.76.